The van der Waals surface area contributed by atoms with Crippen molar-refractivity contribution in [1.82, 2.24) is 4.72 Å². The van der Waals surface area contributed by atoms with E-state index in [-0.39, 0.29) is 4.90 Å². The summed E-state index contributed by atoms with van der Waals surface area (Å²) in [6.07, 6.45) is 0.336. The summed E-state index contributed by atoms with van der Waals surface area (Å²) in [6, 6.07) is 2.76. The SMILES string of the molecule is CCC(C)(CO)NS(=O)(=O)c1ccc(O)c([N+](=O)[O-])c1. The number of rotatable bonds is 6. The van der Waals surface area contributed by atoms with Gasteiger partial charge in [-0.05, 0) is 25.5 Å². The van der Waals surface area contributed by atoms with Crippen molar-refractivity contribution in [2.45, 2.75) is 30.7 Å². The molecule has 0 amide bonds. The number of nitro benzene ring substituents is 1. The molecule has 0 radical (unpaired) electrons. The molecule has 8 nitrogen and oxygen atoms in total. The van der Waals surface area contributed by atoms with Crippen LogP contribution >= 0.6 is 0 Å². The van der Waals surface area contributed by atoms with Gasteiger partial charge in [-0.1, -0.05) is 6.92 Å². The van der Waals surface area contributed by atoms with Crippen molar-refractivity contribution in [3.05, 3.63) is 28.3 Å². The van der Waals surface area contributed by atoms with Gasteiger partial charge >= 0.3 is 5.69 Å². The van der Waals surface area contributed by atoms with Crippen molar-refractivity contribution >= 4 is 15.7 Å². The van der Waals surface area contributed by atoms with Gasteiger partial charge < -0.3 is 10.2 Å². The van der Waals surface area contributed by atoms with Crippen LogP contribution in [0.2, 0.25) is 0 Å². The van der Waals surface area contributed by atoms with Gasteiger partial charge in [-0.3, -0.25) is 10.1 Å². The van der Waals surface area contributed by atoms with E-state index < -0.39 is 38.5 Å². The van der Waals surface area contributed by atoms with E-state index in [1.807, 2.05) is 0 Å². The zero-order valence-electron chi connectivity index (χ0n) is 11.0. The number of nitrogens with one attached hydrogen (secondary N) is 1. The van der Waals surface area contributed by atoms with Gasteiger partial charge in [0.05, 0.1) is 22.0 Å². The highest BCUT2D eigenvalue weighted by Gasteiger charge is 2.29. The number of hydrogen-bond acceptors (Lipinski definition) is 6. The molecule has 1 rings (SSSR count). The van der Waals surface area contributed by atoms with Crippen LogP contribution in [0, 0.1) is 10.1 Å². The minimum atomic E-state index is -4.04. The predicted molar refractivity (Wildman–Crippen MR) is 70.9 cm³/mol. The van der Waals surface area contributed by atoms with Crippen LogP contribution < -0.4 is 4.72 Å². The topological polar surface area (TPSA) is 130 Å². The number of benzene rings is 1. The Morgan fingerprint density at radius 1 is 1.45 bits per heavy atom. The monoisotopic (exact) mass is 304 g/mol. The van der Waals surface area contributed by atoms with Gasteiger partial charge in [-0.25, -0.2) is 13.1 Å². The second-order valence-electron chi connectivity index (χ2n) is 4.59. The Morgan fingerprint density at radius 2 is 2.05 bits per heavy atom. The van der Waals surface area contributed by atoms with Crippen LogP contribution in [-0.4, -0.2) is 35.7 Å². The molecular weight excluding hydrogens is 288 g/mol. The molecule has 3 N–H and O–H groups in total. The first-order valence-electron chi connectivity index (χ1n) is 5.77. The van der Waals surface area contributed by atoms with Crippen LogP contribution in [0.5, 0.6) is 5.75 Å². The average Bonchev–Trinajstić information content (AvgIpc) is 2.38. The Labute approximate surface area is 116 Å². The Morgan fingerprint density at radius 3 is 2.50 bits per heavy atom. The zero-order chi connectivity index (χ0) is 15.6. The van der Waals surface area contributed by atoms with E-state index in [4.69, 9.17) is 0 Å². The summed E-state index contributed by atoms with van der Waals surface area (Å²) in [5.41, 5.74) is -1.76. The lowest BCUT2D eigenvalue weighted by atomic mass is 10.0. The van der Waals surface area contributed by atoms with Crippen molar-refractivity contribution in [2.24, 2.45) is 0 Å². The standard InChI is InChI=1S/C11H16N2O6S/c1-3-11(2,7-14)12-20(18,19)8-4-5-10(15)9(6-8)13(16)17/h4-6,12,14-15H,3,7H2,1-2H3. The first kappa shape index (κ1) is 16.3. The van der Waals surface area contributed by atoms with Crippen molar-refractivity contribution < 1.29 is 23.6 Å². The fraction of sp³-hybridized carbons (Fsp3) is 0.455. The van der Waals surface area contributed by atoms with E-state index in [9.17, 15) is 28.7 Å². The minimum absolute atomic E-state index is 0.336. The number of sulfonamides is 1. The second-order valence-corrected chi connectivity index (χ2v) is 6.27. The summed E-state index contributed by atoms with van der Waals surface area (Å²) < 4.78 is 26.5. The van der Waals surface area contributed by atoms with Gasteiger partial charge in [0.1, 0.15) is 0 Å². The number of phenols is 1. The van der Waals surface area contributed by atoms with Gasteiger partial charge in [0.25, 0.3) is 0 Å². The highest BCUT2D eigenvalue weighted by molar-refractivity contribution is 7.89. The lowest BCUT2D eigenvalue weighted by molar-refractivity contribution is -0.386. The van der Waals surface area contributed by atoms with E-state index >= 15 is 0 Å². The maximum Gasteiger partial charge on any atom is 0.312 e. The summed E-state index contributed by atoms with van der Waals surface area (Å²) >= 11 is 0. The number of phenolic OH excluding ortho intramolecular Hbond substituents is 1. The maximum absolute atomic E-state index is 12.1. The molecule has 0 aliphatic rings. The van der Waals surface area contributed by atoms with Crippen LogP contribution in [0.1, 0.15) is 20.3 Å². The van der Waals surface area contributed by atoms with Gasteiger partial charge in [-0.2, -0.15) is 0 Å². The highest BCUT2D eigenvalue weighted by atomic mass is 32.2. The zero-order valence-corrected chi connectivity index (χ0v) is 11.8. The highest BCUT2D eigenvalue weighted by Crippen LogP contribution is 2.28. The second kappa shape index (κ2) is 5.73. The number of hydrogen-bond donors (Lipinski definition) is 3. The van der Waals surface area contributed by atoms with E-state index in [0.29, 0.717) is 6.42 Å². The number of nitro groups is 1. The quantitative estimate of drug-likeness (QED) is 0.525. The summed E-state index contributed by atoms with van der Waals surface area (Å²) in [5, 5.41) is 29.2. The van der Waals surface area contributed by atoms with Crippen LogP contribution in [0.25, 0.3) is 0 Å². The number of nitrogens with zero attached hydrogens (tertiary/aromatic N) is 1. The van der Waals surface area contributed by atoms with Crippen molar-refractivity contribution in [2.75, 3.05) is 6.61 Å². The fourth-order valence-corrected chi connectivity index (χ4v) is 2.91. The first-order chi connectivity index (χ1) is 9.15. The molecule has 0 aliphatic heterocycles. The Hall–Kier alpha value is -1.71. The van der Waals surface area contributed by atoms with E-state index in [2.05, 4.69) is 4.72 Å². The normalized spacial score (nSPS) is 14.8. The smallest absolute Gasteiger partial charge is 0.312 e. The Balaban J connectivity index is 3.23. The largest absolute Gasteiger partial charge is 0.502 e. The molecule has 0 fully saturated rings. The molecule has 0 aliphatic carbocycles. The molecule has 1 atom stereocenters. The third-order valence-corrected chi connectivity index (χ3v) is 4.60. The number of aromatic hydroxyl groups is 1. The molecule has 0 heterocycles. The van der Waals surface area contributed by atoms with Crippen molar-refractivity contribution in [3.63, 3.8) is 0 Å². The molecule has 112 valence electrons. The molecule has 0 saturated heterocycles. The molecule has 1 unspecified atom stereocenters. The van der Waals surface area contributed by atoms with E-state index in [0.717, 1.165) is 18.2 Å². The Kier molecular flexibility index (Phi) is 4.69. The summed E-state index contributed by atoms with van der Waals surface area (Å²) in [6.45, 7) is 2.79. The Bertz CT molecular complexity index is 609. The third kappa shape index (κ3) is 3.44. The van der Waals surface area contributed by atoms with Crippen LogP contribution in [-0.2, 0) is 10.0 Å². The van der Waals surface area contributed by atoms with E-state index in [1.165, 1.54) is 6.92 Å². The molecule has 1 aromatic rings. The molecule has 9 heteroatoms. The molecule has 0 saturated carbocycles. The third-order valence-electron chi connectivity index (χ3n) is 2.96. The van der Waals surface area contributed by atoms with Crippen LogP contribution in [0.4, 0.5) is 5.69 Å². The molecule has 0 bridgehead atoms. The van der Waals surface area contributed by atoms with E-state index in [1.54, 1.807) is 6.92 Å². The number of aliphatic hydroxyl groups is 1. The lowest BCUT2D eigenvalue weighted by Gasteiger charge is -2.26. The lowest BCUT2D eigenvalue weighted by Crippen LogP contribution is -2.48. The minimum Gasteiger partial charge on any atom is -0.502 e. The first-order valence-corrected chi connectivity index (χ1v) is 7.26. The predicted octanol–water partition coefficient (Wildman–Crippen LogP) is 0.740. The van der Waals surface area contributed by atoms with Crippen LogP contribution in [0.3, 0.4) is 0 Å². The van der Waals surface area contributed by atoms with Gasteiger partial charge in [0.2, 0.25) is 10.0 Å². The summed E-state index contributed by atoms with van der Waals surface area (Å²) in [5.74, 6) is -0.616. The van der Waals surface area contributed by atoms with Crippen LogP contribution in [0.15, 0.2) is 23.1 Å². The van der Waals surface area contributed by atoms with Crippen molar-refractivity contribution in [3.8, 4) is 5.75 Å². The van der Waals surface area contributed by atoms with Gasteiger partial charge in [0, 0.05) is 6.07 Å². The molecule has 1 aromatic carbocycles. The summed E-state index contributed by atoms with van der Waals surface area (Å²) in [4.78, 5) is 9.46. The average molecular weight is 304 g/mol. The fourth-order valence-electron chi connectivity index (χ4n) is 1.42. The van der Waals surface area contributed by atoms with Gasteiger partial charge in [-0.15, -0.1) is 0 Å². The van der Waals surface area contributed by atoms with Gasteiger partial charge in [0.15, 0.2) is 5.75 Å². The molecule has 0 spiro atoms. The van der Waals surface area contributed by atoms with Crippen molar-refractivity contribution in [1.29, 1.82) is 0 Å². The maximum atomic E-state index is 12.1. The molecular formula is C11H16N2O6S. The molecule has 0 aromatic heterocycles. The molecule has 20 heavy (non-hydrogen) atoms. The number of aliphatic hydroxyl groups excluding tert-OH is 1. The summed E-state index contributed by atoms with van der Waals surface area (Å²) in [7, 11) is -4.04.